The number of piperidine rings is 1. The molecule has 1 amide bonds. The molecule has 1 aromatic rings. The minimum atomic E-state index is -0.238. The highest BCUT2D eigenvalue weighted by Gasteiger charge is 2.23. The predicted octanol–water partition coefficient (Wildman–Crippen LogP) is -0.0660. The molecule has 0 saturated carbocycles. The number of aryl methyl sites for hydroxylation is 2. The van der Waals surface area contributed by atoms with Gasteiger partial charge in [0.1, 0.15) is 5.82 Å². The number of carbonyl (C=O) groups is 1. The number of likely N-dealkylation sites (tertiary alicyclic amines) is 1. The van der Waals surface area contributed by atoms with Gasteiger partial charge in [-0.05, 0) is 38.0 Å². The van der Waals surface area contributed by atoms with E-state index < -0.39 is 0 Å². The zero-order valence-electron chi connectivity index (χ0n) is 16.2. The van der Waals surface area contributed by atoms with Gasteiger partial charge in [0.25, 0.3) is 0 Å². The molecule has 0 aliphatic carbocycles. The summed E-state index contributed by atoms with van der Waals surface area (Å²) in [6.45, 7) is 3.85. The average Bonchev–Trinajstić information content (AvgIpc) is 2.98. The van der Waals surface area contributed by atoms with Gasteiger partial charge in [0.2, 0.25) is 5.91 Å². The van der Waals surface area contributed by atoms with Gasteiger partial charge in [-0.3, -0.25) is 14.4 Å². The number of aromatic nitrogens is 3. The van der Waals surface area contributed by atoms with Crippen LogP contribution in [0.3, 0.4) is 0 Å². The normalized spacial score (nSPS) is 20.4. The number of fused-ring (bicyclic) bond motifs is 1. The third-order valence-corrected chi connectivity index (χ3v) is 5.38. The van der Waals surface area contributed by atoms with Crippen LogP contribution in [0.1, 0.15) is 44.3 Å². The maximum atomic E-state index is 12.3. The highest BCUT2D eigenvalue weighted by Crippen LogP contribution is 2.19. The molecule has 0 spiro atoms. The number of aliphatic imine (C=N–C) groups is 1. The summed E-state index contributed by atoms with van der Waals surface area (Å²) in [5.41, 5.74) is 5.35. The SMILES string of the molecule is CN=C(NCCCn1nc2n(c1=O)CCCC2)N1CCCC(CC(N)=O)C1. The molecule has 3 N–H and O–H groups in total. The second-order valence-corrected chi connectivity index (χ2v) is 7.48. The second kappa shape index (κ2) is 9.05. The van der Waals surface area contributed by atoms with Crippen molar-refractivity contribution in [3.05, 3.63) is 16.3 Å². The number of primary amides is 1. The third kappa shape index (κ3) is 4.90. The number of nitrogens with two attached hydrogens (primary N) is 1. The van der Waals surface area contributed by atoms with Gasteiger partial charge in [-0.1, -0.05) is 0 Å². The molecule has 150 valence electrons. The van der Waals surface area contributed by atoms with Gasteiger partial charge in [-0.15, -0.1) is 0 Å². The number of nitrogens with one attached hydrogen (secondary N) is 1. The molecule has 0 radical (unpaired) electrons. The van der Waals surface area contributed by atoms with Gasteiger partial charge < -0.3 is 16.0 Å². The van der Waals surface area contributed by atoms with E-state index in [0.29, 0.717) is 18.9 Å². The summed E-state index contributed by atoms with van der Waals surface area (Å²) in [4.78, 5) is 30.1. The number of nitrogens with zero attached hydrogens (tertiary/aromatic N) is 5. The Labute approximate surface area is 159 Å². The van der Waals surface area contributed by atoms with Crippen LogP contribution < -0.4 is 16.7 Å². The molecule has 1 fully saturated rings. The van der Waals surface area contributed by atoms with E-state index in [0.717, 1.165) is 76.5 Å². The number of hydrogen-bond donors (Lipinski definition) is 2. The first kappa shape index (κ1) is 19.4. The standard InChI is InChI=1S/C18H31N7O2/c1-20-17(23-9-4-6-14(13-23)12-15(19)26)21-8-5-11-25-18(27)24-10-3-2-7-16(24)22-25/h14H,2-13H2,1H3,(H2,19,26)(H,20,21). The average molecular weight is 377 g/mol. The van der Waals surface area contributed by atoms with Crippen molar-refractivity contribution in [2.75, 3.05) is 26.7 Å². The minimum absolute atomic E-state index is 0.0133. The Morgan fingerprint density at radius 2 is 2.19 bits per heavy atom. The van der Waals surface area contributed by atoms with Crippen LogP contribution in [0, 0.1) is 5.92 Å². The lowest BCUT2D eigenvalue weighted by Gasteiger charge is -2.34. The maximum absolute atomic E-state index is 12.3. The van der Waals surface area contributed by atoms with Crippen LogP contribution in [0.15, 0.2) is 9.79 Å². The fraction of sp³-hybridized carbons (Fsp3) is 0.778. The molecule has 2 aliphatic heterocycles. The smallest absolute Gasteiger partial charge is 0.345 e. The molecule has 3 heterocycles. The van der Waals surface area contributed by atoms with Crippen LogP contribution in [0.2, 0.25) is 0 Å². The Kier molecular flexibility index (Phi) is 6.52. The zero-order valence-corrected chi connectivity index (χ0v) is 16.2. The van der Waals surface area contributed by atoms with E-state index in [1.165, 1.54) is 0 Å². The number of amides is 1. The molecule has 27 heavy (non-hydrogen) atoms. The number of guanidine groups is 1. The highest BCUT2D eigenvalue weighted by molar-refractivity contribution is 5.80. The van der Waals surface area contributed by atoms with Crippen molar-refractivity contribution in [1.82, 2.24) is 24.6 Å². The van der Waals surface area contributed by atoms with Gasteiger partial charge >= 0.3 is 5.69 Å². The van der Waals surface area contributed by atoms with Crippen molar-refractivity contribution < 1.29 is 4.79 Å². The predicted molar refractivity (Wildman–Crippen MR) is 104 cm³/mol. The number of rotatable bonds is 6. The molecule has 1 atom stereocenters. The summed E-state index contributed by atoms with van der Waals surface area (Å²) in [5.74, 6) is 1.83. The van der Waals surface area contributed by atoms with Crippen molar-refractivity contribution >= 4 is 11.9 Å². The molecule has 2 aliphatic rings. The summed E-state index contributed by atoms with van der Waals surface area (Å²) >= 11 is 0. The van der Waals surface area contributed by atoms with Crippen LogP contribution in [0.4, 0.5) is 0 Å². The fourth-order valence-electron chi connectivity index (χ4n) is 4.06. The summed E-state index contributed by atoms with van der Waals surface area (Å²) in [6, 6.07) is 0. The molecule has 0 aromatic carbocycles. The third-order valence-electron chi connectivity index (χ3n) is 5.38. The summed E-state index contributed by atoms with van der Waals surface area (Å²) in [7, 11) is 1.77. The molecular weight excluding hydrogens is 346 g/mol. The Bertz CT molecular complexity index is 737. The second-order valence-electron chi connectivity index (χ2n) is 7.48. The monoisotopic (exact) mass is 377 g/mol. The Balaban J connectivity index is 1.47. The van der Waals surface area contributed by atoms with Gasteiger partial charge in [0.05, 0.1) is 0 Å². The van der Waals surface area contributed by atoms with E-state index >= 15 is 0 Å². The van der Waals surface area contributed by atoms with E-state index in [-0.39, 0.29) is 11.6 Å². The molecule has 0 bridgehead atoms. The quantitative estimate of drug-likeness (QED) is 0.410. The van der Waals surface area contributed by atoms with Crippen LogP contribution in [0.5, 0.6) is 0 Å². The molecular formula is C18H31N7O2. The van der Waals surface area contributed by atoms with E-state index in [2.05, 4.69) is 20.3 Å². The Morgan fingerprint density at radius 3 is 2.93 bits per heavy atom. The van der Waals surface area contributed by atoms with Crippen molar-refractivity contribution in [2.24, 2.45) is 16.6 Å². The summed E-state index contributed by atoms with van der Waals surface area (Å²) < 4.78 is 3.40. The van der Waals surface area contributed by atoms with Crippen LogP contribution >= 0.6 is 0 Å². The van der Waals surface area contributed by atoms with Crippen LogP contribution in [-0.2, 0) is 24.3 Å². The van der Waals surface area contributed by atoms with E-state index in [4.69, 9.17) is 5.73 Å². The lowest BCUT2D eigenvalue weighted by molar-refractivity contribution is -0.119. The first-order valence-corrected chi connectivity index (χ1v) is 9.99. The van der Waals surface area contributed by atoms with Crippen molar-refractivity contribution in [3.8, 4) is 0 Å². The van der Waals surface area contributed by atoms with Crippen molar-refractivity contribution in [3.63, 3.8) is 0 Å². The lowest BCUT2D eigenvalue weighted by atomic mass is 9.95. The van der Waals surface area contributed by atoms with Crippen molar-refractivity contribution in [2.45, 2.75) is 58.0 Å². The largest absolute Gasteiger partial charge is 0.370 e. The molecule has 9 heteroatoms. The van der Waals surface area contributed by atoms with Gasteiger partial charge in [0.15, 0.2) is 5.96 Å². The Morgan fingerprint density at radius 1 is 1.33 bits per heavy atom. The molecule has 9 nitrogen and oxygen atoms in total. The molecule has 1 unspecified atom stereocenters. The molecule has 1 aromatic heterocycles. The summed E-state index contributed by atoms with van der Waals surface area (Å²) in [6.07, 6.45) is 6.37. The van der Waals surface area contributed by atoms with Crippen LogP contribution in [0.25, 0.3) is 0 Å². The minimum Gasteiger partial charge on any atom is -0.370 e. The zero-order chi connectivity index (χ0) is 19.2. The highest BCUT2D eigenvalue weighted by atomic mass is 16.2. The topological polar surface area (TPSA) is 111 Å². The number of hydrogen-bond acceptors (Lipinski definition) is 4. The maximum Gasteiger partial charge on any atom is 0.345 e. The van der Waals surface area contributed by atoms with Gasteiger partial charge in [-0.25, -0.2) is 9.48 Å². The van der Waals surface area contributed by atoms with E-state index in [1.807, 2.05) is 4.57 Å². The summed E-state index contributed by atoms with van der Waals surface area (Å²) in [5, 5.41) is 7.84. The Hall–Kier alpha value is -2.32. The van der Waals surface area contributed by atoms with E-state index in [9.17, 15) is 9.59 Å². The lowest BCUT2D eigenvalue weighted by Crippen LogP contribution is -2.47. The molecule has 1 saturated heterocycles. The van der Waals surface area contributed by atoms with Gasteiger partial charge in [-0.2, -0.15) is 5.10 Å². The first-order valence-electron chi connectivity index (χ1n) is 9.99. The first-order chi connectivity index (χ1) is 13.1. The van der Waals surface area contributed by atoms with Crippen molar-refractivity contribution in [1.29, 1.82) is 0 Å². The van der Waals surface area contributed by atoms with Crippen LogP contribution in [-0.4, -0.2) is 57.8 Å². The van der Waals surface area contributed by atoms with Gasteiger partial charge in [0, 0.05) is 52.6 Å². The van der Waals surface area contributed by atoms with E-state index in [1.54, 1.807) is 11.7 Å². The molecule has 3 rings (SSSR count). The number of carbonyl (C=O) groups excluding carboxylic acids is 1. The fourth-order valence-corrected chi connectivity index (χ4v) is 4.06.